The first-order chi connectivity index (χ1) is 6.23. The van der Waals surface area contributed by atoms with Gasteiger partial charge in [-0.25, -0.2) is 0 Å². The quantitative estimate of drug-likeness (QED) is 0.738. The maximum absolute atomic E-state index is 10.2. The van der Waals surface area contributed by atoms with Crippen molar-refractivity contribution in [2.75, 3.05) is 6.54 Å². The van der Waals surface area contributed by atoms with E-state index < -0.39 is 5.60 Å². The summed E-state index contributed by atoms with van der Waals surface area (Å²) in [5, 5.41) is 10.2. The van der Waals surface area contributed by atoms with E-state index in [4.69, 9.17) is 5.73 Å². The van der Waals surface area contributed by atoms with Crippen LogP contribution < -0.4 is 5.73 Å². The lowest BCUT2D eigenvalue weighted by Crippen LogP contribution is -2.27. The Morgan fingerprint density at radius 3 is 2.38 bits per heavy atom. The average Bonchev–Trinajstić information content (AvgIpc) is 2.19. The van der Waals surface area contributed by atoms with Gasteiger partial charge in [0, 0.05) is 0 Å². The number of benzene rings is 1. The van der Waals surface area contributed by atoms with Crippen LogP contribution in [0, 0.1) is 0 Å². The van der Waals surface area contributed by atoms with Crippen molar-refractivity contribution in [3.8, 4) is 0 Å². The maximum atomic E-state index is 10.2. The summed E-state index contributed by atoms with van der Waals surface area (Å²) in [6.45, 7) is 2.49. The van der Waals surface area contributed by atoms with Crippen LogP contribution in [0.1, 0.15) is 25.3 Å². The standard InChI is InChI=1S/C11H17NO/c1-2-11(13,8-9-12)10-6-4-3-5-7-10/h3-7,13H,2,8-9,12H2,1H3. The molecule has 0 spiro atoms. The molecule has 1 aromatic rings. The van der Waals surface area contributed by atoms with Crippen LogP contribution in [0.3, 0.4) is 0 Å². The summed E-state index contributed by atoms with van der Waals surface area (Å²) in [6.07, 6.45) is 1.32. The van der Waals surface area contributed by atoms with Gasteiger partial charge in [-0.3, -0.25) is 0 Å². The molecule has 0 bridgehead atoms. The highest BCUT2D eigenvalue weighted by molar-refractivity contribution is 5.21. The first kappa shape index (κ1) is 10.2. The van der Waals surface area contributed by atoms with Gasteiger partial charge in [0.05, 0.1) is 5.60 Å². The molecule has 1 aromatic carbocycles. The molecule has 72 valence electrons. The maximum Gasteiger partial charge on any atom is 0.0905 e. The molecule has 0 aliphatic heterocycles. The molecule has 0 aliphatic carbocycles. The number of rotatable bonds is 4. The Morgan fingerprint density at radius 1 is 1.31 bits per heavy atom. The van der Waals surface area contributed by atoms with E-state index in [1.807, 2.05) is 37.3 Å². The Labute approximate surface area is 79.4 Å². The van der Waals surface area contributed by atoms with E-state index >= 15 is 0 Å². The lowest BCUT2D eigenvalue weighted by atomic mass is 9.88. The number of nitrogens with two attached hydrogens (primary N) is 1. The monoisotopic (exact) mass is 179 g/mol. The highest BCUT2D eigenvalue weighted by Gasteiger charge is 2.25. The zero-order chi connectivity index (χ0) is 9.73. The van der Waals surface area contributed by atoms with Gasteiger partial charge < -0.3 is 10.8 Å². The minimum Gasteiger partial charge on any atom is -0.385 e. The van der Waals surface area contributed by atoms with Crippen molar-refractivity contribution < 1.29 is 5.11 Å². The molecule has 1 rings (SSSR count). The predicted octanol–water partition coefficient (Wildman–Crippen LogP) is 1.63. The van der Waals surface area contributed by atoms with E-state index in [0.29, 0.717) is 19.4 Å². The molecule has 2 heteroatoms. The van der Waals surface area contributed by atoms with E-state index in [2.05, 4.69) is 0 Å². The summed E-state index contributed by atoms with van der Waals surface area (Å²) in [7, 11) is 0. The summed E-state index contributed by atoms with van der Waals surface area (Å²) < 4.78 is 0. The van der Waals surface area contributed by atoms with Crippen molar-refractivity contribution in [3.05, 3.63) is 35.9 Å². The summed E-state index contributed by atoms with van der Waals surface area (Å²) in [4.78, 5) is 0. The predicted molar refractivity (Wildman–Crippen MR) is 54.3 cm³/mol. The molecule has 1 atom stereocenters. The molecule has 0 heterocycles. The molecule has 13 heavy (non-hydrogen) atoms. The van der Waals surface area contributed by atoms with Crippen LogP contribution in [-0.2, 0) is 5.60 Å². The van der Waals surface area contributed by atoms with Crippen LogP contribution in [0.2, 0.25) is 0 Å². The summed E-state index contributed by atoms with van der Waals surface area (Å²) in [5.74, 6) is 0. The van der Waals surface area contributed by atoms with Crippen molar-refractivity contribution in [2.45, 2.75) is 25.4 Å². The molecule has 2 nitrogen and oxygen atoms in total. The van der Waals surface area contributed by atoms with Gasteiger partial charge in [-0.2, -0.15) is 0 Å². The van der Waals surface area contributed by atoms with Gasteiger partial charge in [0.2, 0.25) is 0 Å². The van der Waals surface area contributed by atoms with Crippen LogP contribution >= 0.6 is 0 Å². The van der Waals surface area contributed by atoms with Gasteiger partial charge in [0.25, 0.3) is 0 Å². The second kappa shape index (κ2) is 4.40. The number of hydrogen-bond donors (Lipinski definition) is 2. The second-order valence-electron chi connectivity index (χ2n) is 3.29. The van der Waals surface area contributed by atoms with Crippen molar-refractivity contribution in [1.29, 1.82) is 0 Å². The third-order valence-electron chi connectivity index (χ3n) is 2.45. The van der Waals surface area contributed by atoms with Crippen molar-refractivity contribution in [1.82, 2.24) is 0 Å². The molecular formula is C11H17NO. The van der Waals surface area contributed by atoms with Crippen molar-refractivity contribution in [2.24, 2.45) is 5.73 Å². The second-order valence-corrected chi connectivity index (χ2v) is 3.29. The lowest BCUT2D eigenvalue weighted by molar-refractivity contribution is 0.0259. The fourth-order valence-corrected chi connectivity index (χ4v) is 1.51. The van der Waals surface area contributed by atoms with Crippen molar-refractivity contribution in [3.63, 3.8) is 0 Å². The number of aliphatic hydroxyl groups is 1. The van der Waals surface area contributed by atoms with Crippen LogP contribution in [0.15, 0.2) is 30.3 Å². The molecule has 0 radical (unpaired) electrons. The molecule has 0 amide bonds. The van der Waals surface area contributed by atoms with Crippen LogP contribution in [0.25, 0.3) is 0 Å². The van der Waals surface area contributed by atoms with Gasteiger partial charge in [0.15, 0.2) is 0 Å². The highest BCUT2D eigenvalue weighted by atomic mass is 16.3. The summed E-state index contributed by atoms with van der Waals surface area (Å²) >= 11 is 0. The number of hydrogen-bond acceptors (Lipinski definition) is 2. The largest absolute Gasteiger partial charge is 0.385 e. The van der Waals surface area contributed by atoms with E-state index in [1.54, 1.807) is 0 Å². The summed E-state index contributed by atoms with van der Waals surface area (Å²) in [5.41, 5.74) is 5.69. The Kier molecular flexibility index (Phi) is 3.46. The van der Waals surface area contributed by atoms with Gasteiger partial charge in [-0.15, -0.1) is 0 Å². The van der Waals surface area contributed by atoms with Crippen LogP contribution in [0.5, 0.6) is 0 Å². The Hall–Kier alpha value is -0.860. The van der Waals surface area contributed by atoms with Crippen LogP contribution in [0.4, 0.5) is 0 Å². The normalized spacial score (nSPS) is 15.3. The minimum atomic E-state index is -0.740. The fourth-order valence-electron chi connectivity index (χ4n) is 1.51. The molecule has 1 unspecified atom stereocenters. The Bertz CT molecular complexity index is 248. The summed E-state index contributed by atoms with van der Waals surface area (Å²) in [6, 6.07) is 9.71. The zero-order valence-electron chi connectivity index (χ0n) is 8.03. The minimum absolute atomic E-state index is 0.513. The van der Waals surface area contributed by atoms with Gasteiger partial charge >= 0.3 is 0 Å². The first-order valence-corrected chi connectivity index (χ1v) is 4.71. The lowest BCUT2D eigenvalue weighted by Gasteiger charge is -2.26. The SMILES string of the molecule is CCC(O)(CCN)c1ccccc1. The Balaban J connectivity index is 2.89. The topological polar surface area (TPSA) is 46.2 Å². The molecule has 0 saturated carbocycles. The van der Waals surface area contributed by atoms with Crippen LogP contribution in [-0.4, -0.2) is 11.7 Å². The van der Waals surface area contributed by atoms with E-state index in [0.717, 1.165) is 5.56 Å². The highest BCUT2D eigenvalue weighted by Crippen LogP contribution is 2.27. The van der Waals surface area contributed by atoms with Gasteiger partial charge in [0.1, 0.15) is 0 Å². The van der Waals surface area contributed by atoms with Crippen molar-refractivity contribution >= 4 is 0 Å². The molecule has 3 N–H and O–H groups in total. The van der Waals surface area contributed by atoms with Gasteiger partial charge in [-0.1, -0.05) is 37.3 Å². The molecule has 0 aliphatic rings. The fraction of sp³-hybridized carbons (Fsp3) is 0.455. The molecule has 0 fully saturated rings. The smallest absolute Gasteiger partial charge is 0.0905 e. The van der Waals surface area contributed by atoms with Gasteiger partial charge in [-0.05, 0) is 24.9 Å². The third-order valence-corrected chi connectivity index (χ3v) is 2.45. The Morgan fingerprint density at radius 2 is 1.92 bits per heavy atom. The molecular weight excluding hydrogens is 162 g/mol. The molecule has 0 aromatic heterocycles. The van der Waals surface area contributed by atoms with E-state index in [9.17, 15) is 5.11 Å². The average molecular weight is 179 g/mol. The first-order valence-electron chi connectivity index (χ1n) is 4.71. The van der Waals surface area contributed by atoms with E-state index in [1.165, 1.54) is 0 Å². The molecule has 0 saturated heterocycles. The van der Waals surface area contributed by atoms with E-state index in [-0.39, 0.29) is 0 Å². The zero-order valence-corrected chi connectivity index (χ0v) is 8.03. The third kappa shape index (κ3) is 2.29.